The molecule has 0 aromatic heterocycles. The van der Waals surface area contributed by atoms with E-state index in [0.29, 0.717) is 37.9 Å². The van der Waals surface area contributed by atoms with Crippen LogP contribution in [-0.2, 0) is 19.1 Å². The van der Waals surface area contributed by atoms with Crippen molar-refractivity contribution in [1.29, 1.82) is 0 Å². The van der Waals surface area contributed by atoms with Crippen molar-refractivity contribution in [2.24, 2.45) is 11.8 Å². The van der Waals surface area contributed by atoms with E-state index in [1.54, 1.807) is 0 Å². The SMILES string of the molecule is C=CCCCCCCCCC(=O)OCC1CCC(COC(=O)CCCCCCCCC=C)CC1. The Morgan fingerprint density at radius 3 is 1.24 bits per heavy atom. The molecule has 1 saturated carbocycles. The van der Waals surface area contributed by atoms with Crippen LogP contribution in [0.5, 0.6) is 0 Å². The first-order valence-corrected chi connectivity index (χ1v) is 14.2. The molecule has 0 atom stereocenters. The monoisotopic (exact) mass is 476 g/mol. The normalized spacial score (nSPS) is 17.8. The molecule has 0 saturated heterocycles. The van der Waals surface area contributed by atoms with Crippen LogP contribution in [0.4, 0.5) is 0 Å². The Labute approximate surface area is 209 Å². The van der Waals surface area contributed by atoms with Gasteiger partial charge in [0.2, 0.25) is 0 Å². The fraction of sp³-hybridized carbons (Fsp3) is 0.800. The molecule has 1 aliphatic rings. The fourth-order valence-electron chi connectivity index (χ4n) is 4.66. The highest BCUT2D eigenvalue weighted by molar-refractivity contribution is 5.69. The van der Waals surface area contributed by atoms with Gasteiger partial charge in [-0.25, -0.2) is 0 Å². The van der Waals surface area contributed by atoms with E-state index >= 15 is 0 Å². The molecule has 0 amide bonds. The number of hydrogen-bond donors (Lipinski definition) is 0. The number of allylic oxidation sites excluding steroid dienone is 2. The zero-order valence-corrected chi connectivity index (χ0v) is 21.9. The molecule has 0 radical (unpaired) electrons. The maximum atomic E-state index is 12.0. The highest BCUT2D eigenvalue weighted by Crippen LogP contribution is 2.29. The van der Waals surface area contributed by atoms with Gasteiger partial charge in [-0.05, 0) is 76.0 Å². The molecule has 1 fully saturated rings. The van der Waals surface area contributed by atoms with E-state index in [4.69, 9.17) is 9.47 Å². The van der Waals surface area contributed by atoms with Gasteiger partial charge in [0.15, 0.2) is 0 Å². The molecule has 0 aromatic rings. The Hall–Kier alpha value is -1.58. The van der Waals surface area contributed by atoms with Crippen molar-refractivity contribution in [2.75, 3.05) is 13.2 Å². The number of ether oxygens (including phenoxy) is 2. The Bertz CT molecular complexity index is 486. The van der Waals surface area contributed by atoms with Crippen LogP contribution in [0.2, 0.25) is 0 Å². The smallest absolute Gasteiger partial charge is 0.305 e. The highest BCUT2D eigenvalue weighted by Gasteiger charge is 2.23. The minimum atomic E-state index is -0.0422. The summed E-state index contributed by atoms with van der Waals surface area (Å²) in [4.78, 5) is 24.0. The molecule has 196 valence electrons. The molecule has 0 unspecified atom stereocenters. The van der Waals surface area contributed by atoms with Crippen LogP contribution < -0.4 is 0 Å². The van der Waals surface area contributed by atoms with Crippen LogP contribution in [0, 0.1) is 11.8 Å². The minimum Gasteiger partial charge on any atom is -0.465 e. The molecule has 0 spiro atoms. The number of unbranched alkanes of at least 4 members (excludes halogenated alkanes) is 12. The summed E-state index contributed by atoms with van der Waals surface area (Å²) >= 11 is 0. The average molecular weight is 477 g/mol. The van der Waals surface area contributed by atoms with Crippen LogP contribution in [0.15, 0.2) is 25.3 Å². The Morgan fingerprint density at radius 2 is 0.882 bits per heavy atom. The summed E-state index contributed by atoms with van der Waals surface area (Å²) in [6.07, 6.45) is 25.5. The van der Waals surface area contributed by atoms with Crippen molar-refractivity contribution in [3.05, 3.63) is 25.3 Å². The van der Waals surface area contributed by atoms with Gasteiger partial charge in [0, 0.05) is 12.8 Å². The lowest BCUT2D eigenvalue weighted by atomic mass is 9.83. The Morgan fingerprint density at radius 1 is 0.559 bits per heavy atom. The van der Waals surface area contributed by atoms with E-state index in [9.17, 15) is 9.59 Å². The lowest BCUT2D eigenvalue weighted by molar-refractivity contribution is -0.147. The van der Waals surface area contributed by atoms with Crippen molar-refractivity contribution < 1.29 is 19.1 Å². The van der Waals surface area contributed by atoms with Crippen molar-refractivity contribution in [1.82, 2.24) is 0 Å². The molecular weight excluding hydrogens is 424 g/mol. The lowest BCUT2D eigenvalue weighted by Crippen LogP contribution is -2.23. The second-order valence-corrected chi connectivity index (χ2v) is 10.2. The number of carbonyl (C=O) groups excluding carboxylic acids is 2. The molecule has 1 aliphatic carbocycles. The van der Waals surface area contributed by atoms with Gasteiger partial charge in [-0.3, -0.25) is 9.59 Å². The van der Waals surface area contributed by atoms with Crippen LogP contribution in [0.3, 0.4) is 0 Å². The van der Waals surface area contributed by atoms with E-state index in [2.05, 4.69) is 13.2 Å². The van der Waals surface area contributed by atoms with Gasteiger partial charge in [0.05, 0.1) is 13.2 Å². The molecule has 34 heavy (non-hydrogen) atoms. The minimum absolute atomic E-state index is 0.0422. The maximum absolute atomic E-state index is 12.0. The van der Waals surface area contributed by atoms with E-state index in [1.807, 2.05) is 12.2 Å². The number of carbonyl (C=O) groups is 2. The molecule has 4 heteroatoms. The van der Waals surface area contributed by atoms with Crippen molar-refractivity contribution in [2.45, 2.75) is 128 Å². The summed E-state index contributed by atoms with van der Waals surface area (Å²) in [5.74, 6) is 0.846. The third kappa shape index (κ3) is 17.8. The predicted octanol–water partition coefficient (Wildman–Crippen LogP) is 8.49. The zero-order chi connectivity index (χ0) is 24.7. The lowest BCUT2D eigenvalue weighted by Gasteiger charge is -2.27. The van der Waals surface area contributed by atoms with Gasteiger partial charge in [0.25, 0.3) is 0 Å². The van der Waals surface area contributed by atoms with Crippen LogP contribution in [-0.4, -0.2) is 25.2 Å². The van der Waals surface area contributed by atoms with Crippen molar-refractivity contribution in [3.63, 3.8) is 0 Å². The molecular formula is C30H52O4. The summed E-state index contributed by atoms with van der Waals surface area (Å²) < 4.78 is 11.1. The summed E-state index contributed by atoms with van der Waals surface area (Å²) in [5, 5.41) is 0. The third-order valence-electron chi connectivity index (χ3n) is 7.00. The van der Waals surface area contributed by atoms with Crippen LogP contribution in [0.25, 0.3) is 0 Å². The van der Waals surface area contributed by atoms with E-state index in [0.717, 1.165) is 64.2 Å². The number of hydrogen-bond acceptors (Lipinski definition) is 4. The van der Waals surface area contributed by atoms with E-state index < -0.39 is 0 Å². The summed E-state index contributed by atoms with van der Waals surface area (Å²) in [6, 6.07) is 0. The van der Waals surface area contributed by atoms with Crippen molar-refractivity contribution >= 4 is 11.9 Å². The van der Waals surface area contributed by atoms with Crippen LogP contribution in [0.1, 0.15) is 128 Å². The summed E-state index contributed by atoms with van der Waals surface area (Å²) in [7, 11) is 0. The Balaban J connectivity index is 1.94. The first kappa shape index (κ1) is 30.5. The van der Waals surface area contributed by atoms with Gasteiger partial charge < -0.3 is 9.47 Å². The Kier molecular flexibility index (Phi) is 19.6. The molecule has 0 heterocycles. The molecule has 0 aromatic carbocycles. The molecule has 0 bridgehead atoms. The van der Waals surface area contributed by atoms with Gasteiger partial charge >= 0.3 is 11.9 Å². The first-order valence-electron chi connectivity index (χ1n) is 14.2. The van der Waals surface area contributed by atoms with Crippen molar-refractivity contribution in [3.8, 4) is 0 Å². The second kappa shape index (κ2) is 21.9. The summed E-state index contributed by atoms with van der Waals surface area (Å²) in [5.41, 5.74) is 0. The molecule has 1 rings (SSSR count). The molecule has 0 N–H and O–H groups in total. The maximum Gasteiger partial charge on any atom is 0.305 e. The third-order valence-corrected chi connectivity index (χ3v) is 7.00. The summed E-state index contributed by atoms with van der Waals surface area (Å²) in [6.45, 7) is 8.61. The number of esters is 2. The topological polar surface area (TPSA) is 52.6 Å². The number of rotatable bonds is 22. The molecule has 0 aliphatic heterocycles. The van der Waals surface area contributed by atoms with Gasteiger partial charge in [-0.2, -0.15) is 0 Å². The average Bonchev–Trinajstić information content (AvgIpc) is 2.85. The van der Waals surface area contributed by atoms with Gasteiger partial charge in [-0.1, -0.05) is 63.5 Å². The van der Waals surface area contributed by atoms with E-state index in [1.165, 1.54) is 51.4 Å². The largest absolute Gasteiger partial charge is 0.465 e. The molecule has 4 nitrogen and oxygen atoms in total. The van der Waals surface area contributed by atoms with Crippen LogP contribution >= 0.6 is 0 Å². The van der Waals surface area contributed by atoms with Gasteiger partial charge in [0.1, 0.15) is 0 Å². The zero-order valence-electron chi connectivity index (χ0n) is 21.9. The first-order chi connectivity index (χ1) is 16.7. The standard InChI is InChI=1S/C30H52O4/c1-3-5-7-9-11-13-15-17-19-29(31)33-25-27-21-23-28(24-22-27)26-34-30(32)20-18-16-14-12-10-8-6-4-2/h3-4,27-28H,1-2,5-26H2. The predicted molar refractivity (Wildman–Crippen MR) is 142 cm³/mol. The van der Waals surface area contributed by atoms with E-state index in [-0.39, 0.29) is 11.9 Å². The fourth-order valence-corrected chi connectivity index (χ4v) is 4.66. The van der Waals surface area contributed by atoms with Gasteiger partial charge in [-0.15, -0.1) is 13.2 Å². The quantitative estimate of drug-likeness (QED) is 0.0893. The highest BCUT2D eigenvalue weighted by atomic mass is 16.5. The second-order valence-electron chi connectivity index (χ2n) is 10.2.